The summed E-state index contributed by atoms with van der Waals surface area (Å²) < 4.78 is 5.78. The maximum absolute atomic E-state index is 13.3. The van der Waals surface area contributed by atoms with Crippen LogP contribution in [0.4, 0.5) is 0 Å². The number of thioether (sulfide) groups is 1. The van der Waals surface area contributed by atoms with Gasteiger partial charge in [-0.05, 0) is 69.9 Å². The highest BCUT2D eigenvalue weighted by Gasteiger charge is 2.42. The van der Waals surface area contributed by atoms with Crippen molar-refractivity contribution in [3.8, 4) is 0 Å². The Morgan fingerprint density at radius 2 is 1.94 bits per heavy atom. The molecule has 1 N–H and O–H groups in total. The van der Waals surface area contributed by atoms with Crippen LogP contribution in [-0.2, 0) is 14.3 Å². The van der Waals surface area contributed by atoms with Crippen LogP contribution in [0.1, 0.15) is 64.1 Å². The van der Waals surface area contributed by atoms with Gasteiger partial charge in [0.1, 0.15) is 5.60 Å². The Morgan fingerprint density at radius 1 is 1.22 bits per heavy atom. The monoisotopic (exact) mass is 453 g/mol. The van der Waals surface area contributed by atoms with Gasteiger partial charge in [-0.2, -0.15) is 0 Å². The van der Waals surface area contributed by atoms with E-state index in [9.17, 15) is 9.59 Å². The van der Waals surface area contributed by atoms with E-state index in [1.54, 1.807) is 0 Å². The highest BCUT2D eigenvalue weighted by Crippen LogP contribution is 2.45. The molecule has 1 atom stereocenters. The zero-order valence-corrected chi connectivity index (χ0v) is 20.2. The van der Waals surface area contributed by atoms with E-state index in [-0.39, 0.29) is 18.3 Å². The van der Waals surface area contributed by atoms with E-state index in [2.05, 4.69) is 5.32 Å². The van der Waals surface area contributed by atoms with Gasteiger partial charge in [0.15, 0.2) is 5.17 Å². The number of allylic oxidation sites excluding steroid dienone is 1. The van der Waals surface area contributed by atoms with Crippen molar-refractivity contribution in [2.45, 2.75) is 65.5 Å². The van der Waals surface area contributed by atoms with Gasteiger partial charge in [-0.1, -0.05) is 36.0 Å². The standard InChI is InChI=1S/C25H31N3O3S/c1-15-8-6-7-9-19(15)22-21(23(30)31-25(3,4)5)16(2)27-24-28(22)18(14-32-24)12-20(29)26-13-17-10-11-17/h6-9,14,17,22H,10-13H2,1-5H3,(H,26,29). The van der Waals surface area contributed by atoms with E-state index in [1.165, 1.54) is 24.6 Å². The van der Waals surface area contributed by atoms with E-state index in [1.807, 2.05) is 69.2 Å². The van der Waals surface area contributed by atoms with E-state index >= 15 is 0 Å². The Hall–Kier alpha value is -2.54. The Balaban J connectivity index is 1.69. The quantitative estimate of drug-likeness (QED) is 0.625. The van der Waals surface area contributed by atoms with Crippen LogP contribution in [0.5, 0.6) is 0 Å². The van der Waals surface area contributed by atoms with Gasteiger partial charge in [-0.25, -0.2) is 9.79 Å². The third-order valence-electron chi connectivity index (χ3n) is 5.73. The minimum absolute atomic E-state index is 0.00127. The van der Waals surface area contributed by atoms with Crippen LogP contribution < -0.4 is 5.32 Å². The van der Waals surface area contributed by atoms with Gasteiger partial charge in [0, 0.05) is 12.2 Å². The van der Waals surface area contributed by atoms with Gasteiger partial charge >= 0.3 is 5.97 Å². The lowest BCUT2D eigenvalue weighted by Crippen LogP contribution is -2.39. The van der Waals surface area contributed by atoms with E-state index in [0.29, 0.717) is 17.2 Å². The first-order valence-electron chi connectivity index (χ1n) is 11.1. The SMILES string of the molecule is CC1=C(C(=O)OC(C)(C)C)C(c2ccccc2C)N2C(CC(=O)NCC3CC3)=CSC2=N1. The number of hydrogen-bond donors (Lipinski definition) is 1. The summed E-state index contributed by atoms with van der Waals surface area (Å²) in [5, 5.41) is 5.81. The molecule has 0 aromatic heterocycles. The summed E-state index contributed by atoms with van der Waals surface area (Å²) in [6.07, 6.45) is 2.64. The number of esters is 1. The minimum atomic E-state index is -0.619. The first kappa shape index (κ1) is 22.6. The summed E-state index contributed by atoms with van der Waals surface area (Å²) in [5.41, 5.74) is 3.48. The van der Waals surface area contributed by atoms with Crippen molar-refractivity contribution in [1.82, 2.24) is 10.2 Å². The van der Waals surface area contributed by atoms with Crippen molar-refractivity contribution in [3.63, 3.8) is 0 Å². The summed E-state index contributed by atoms with van der Waals surface area (Å²) in [4.78, 5) is 32.8. The molecule has 0 radical (unpaired) electrons. The summed E-state index contributed by atoms with van der Waals surface area (Å²) in [5.74, 6) is 0.251. The largest absolute Gasteiger partial charge is 0.456 e. The number of hydrogen-bond acceptors (Lipinski definition) is 6. The average molecular weight is 454 g/mol. The van der Waals surface area contributed by atoms with Crippen LogP contribution in [0.25, 0.3) is 0 Å². The molecule has 1 aliphatic carbocycles. The van der Waals surface area contributed by atoms with E-state index in [0.717, 1.165) is 28.5 Å². The molecule has 0 bridgehead atoms. The second-order valence-corrected chi connectivity index (χ2v) is 10.5. The maximum Gasteiger partial charge on any atom is 0.338 e. The Morgan fingerprint density at radius 3 is 2.59 bits per heavy atom. The van der Waals surface area contributed by atoms with Crippen LogP contribution in [-0.4, -0.2) is 34.1 Å². The lowest BCUT2D eigenvalue weighted by atomic mass is 9.91. The van der Waals surface area contributed by atoms with Gasteiger partial charge in [0.2, 0.25) is 5.91 Å². The maximum atomic E-state index is 13.3. The molecule has 32 heavy (non-hydrogen) atoms. The lowest BCUT2D eigenvalue weighted by molar-refractivity contribution is -0.150. The van der Waals surface area contributed by atoms with Crippen molar-refractivity contribution in [1.29, 1.82) is 0 Å². The van der Waals surface area contributed by atoms with Crippen LogP contribution in [0.2, 0.25) is 0 Å². The second kappa shape index (κ2) is 8.77. The van der Waals surface area contributed by atoms with Gasteiger partial charge in [0.25, 0.3) is 0 Å². The lowest BCUT2D eigenvalue weighted by Gasteiger charge is -2.37. The fourth-order valence-electron chi connectivity index (χ4n) is 3.96. The van der Waals surface area contributed by atoms with Gasteiger partial charge in [-0.3, -0.25) is 4.79 Å². The minimum Gasteiger partial charge on any atom is -0.456 e. The van der Waals surface area contributed by atoms with Crippen molar-refractivity contribution in [3.05, 3.63) is 57.8 Å². The predicted octanol–water partition coefficient (Wildman–Crippen LogP) is 4.83. The predicted molar refractivity (Wildman–Crippen MR) is 128 cm³/mol. The fourth-order valence-corrected chi connectivity index (χ4v) is 4.92. The molecule has 0 spiro atoms. The number of nitrogens with one attached hydrogen (secondary N) is 1. The van der Waals surface area contributed by atoms with Crippen LogP contribution in [0.3, 0.4) is 0 Å². The van der Waals surface area contributed by atoms with Crippen molar-refractivity contribution in [2.75, 3.05) is 6.54 Å². The fraction of sp³-hybridized carbons (Fsp3) is 0.480. The van der Waals surface area contributed by atoms with Crippen molar-refractivity contribution < 1.29 is 14.3 Å². The van der Waals surface area contributed by atoms with E-state index in [4.69, 9.17) is 9.73 Å². The van der Waals surface area contributed by atoms with Gasteiger partial charge < -0.3 is 15.0 Å². The number of amidine groups is 1. The number of carbonyl (C=O) groups excluding carboxylic acids is 2. The number of ether oxygens (including phenoxy) is 1. The molecule has 3 aliphatic rings. The number of amides is 1. The number of rotatable bonds is 6. The average Bonchev–Trinajstić information content (AvgIpc) is 3.45. The molecule has 1 saturated carbocycles. The normalized spacial score (nSPS) is 20.5. The molecule has 7 heteroatoms. The van der Waals surface area contributed by atoms with Crippen LogP contribution >= 0.6 is 11.8 Å². The summed E-state index contributed by atoms with van der Waals surface area (Å²) in [6, 6.07) is 7.65. The molecule has 1 aromatic rings. The summed E-state index contributed by atoms with van der Waals surface area (Å²) in [6.45, 7) is 10.2. The highest BCUT2D eigenvalue weighted by atomic mass is 32.2. The zero-order chi connectivity index (χ0) is 23.0. The number of fused-ring (bicyclic) bond motifs is 1. The molecule has 0 saturated heterocycles. The van der Waals surface area contributed by atoms with Crippen LogP contribution in [0.15, 0.2) is 51.6 Å². The highest BCUT2D eigenvalue weighted by molar-refractivity contribution is 8.16. The zero-order valence-electron chi connectivity index (χ0n) is 19.4. The molecule has 170 valence electrons. The van der Waals surface area contributed by atoms with Crippen molar-refractivity contribution >= 4 is 28.8 Å². The number of nitrogens with zero attached hydrogens (tertiary/aromatic N) is 2. The smallest absolute Gasteiger partial charge is 0.338 e. The number of carbonyl (C=O) groups is 2. The van der Waals surface area contributed by atoms with Crippen molar-refractivity contribution in [2.24, 2.45) is 10.9 Å². The van der Waals surface area contributed by atoms with Crippen LogP contribution in [0, 0.1) is 12.8 Å². The number of aryl methyl sites for hydroxylation is 1. The summed E-state index contributed by atoms with van der Waals surface area (Å²) >= 11 is 1.50. The molecule has 2 aliphatic heterocycles. The Labute approximate surface area is 194 Å². The van der Waals surface area contributed by atoms with Gasteiger partial charge in [-0.15, -0.1) is 0 Å². The second-order valence-electron chi connectivity index (χ2n) is 9.68. The Kier molecular flexibility index (Phi) is 6.21. The molecule has 4 rings (SSSR count). The topological polar surface area (TPSA) is 71.0 Å². The molecular formula is C25H31N3O3S. The number of benzene rings is 1. The molecule has 1 fully saturated rings. The molecule has 1 aromatic carbocycles. The van der Waals surface area contributed by atoms with Gasteiger partial charge in [0.05, 0.1) is 23.7 Å². The molecule has 1 unspecified atom stereocenters. The van der Waals surface area contributed by atoms with E-state index < -0.39 is 11.6 Å². The molecule has 1 amide bonds. The number of aliphatic imine (C=N–C) groups is 1. The summed E-state index contributed by atoms with van der Waals surface area (Å²) in [7, 11) is 0. The Bertz CT molecular complexity index is 1030. The third-order valence-corrected chi connectivity index (χ3v) is 6.62. The molecule has 6 nitrogen and oxygen atoms in total. The first-order chi connectivity index (χ1) is 15.1. The third kappa shape index (κ3) is 4.93. The first-order valence-corrected chi connectivity index (χ1v) is 12.0. The molecule has 2 heterocycles. The molecular weight excluding hydrogens is 422 g/mol.